The molecule has 0 spiro atoms. The van der Waals surface area contributed by atoms with Gasteiger partial charge in [-0.2, -0.15) is 12.7 Å². The van der Waals surface area contributed by atoms with Gasteiger partial charge in [0.05, 0.1) is 11.9 Å². The van der Waals surface area contributed by atoms with E-state index in [2.05, 4.69) is 15.0 Å². The highest BCUT2D eigenvalue weighted by Crippen LogP contribution is 2.22. The Morgan fingerprint density at radius 3 is 2.72 bits per heavy atom. The number of rotatable bonds is 6. The first-order chi connectivity index (χ1) is 12.1. The molecule has 1 fully saturated rings. The van der Waals surface area contributed by atoms with Gasteiger partial charge in [-0.1, -0.05) is 30.3 Å². The van der Waals surface area contributed by atoms with E-state index >= 15 is 0 Å². The Hall–Kier alpha value is -2.45. The van der Waals surface area contributed by atoms with E-state index in [9.17, 15) is 13.2 Å². The zero-order valence-corrected chi connectivity index (χ0v) is 14.4. The van der Waals surface area contributed by atoms with Crippen molar-refractivity contribution in [3.63, 3.8) is 0 Å². The van der Waals surface area contributed by atoms with Gasteiger partial charge in [-0.25, -0.2) is 0 Å². The zero-order valence-electron chi connectivity index (χ0n) is 13.6. The lowest BCUT2D eigenvalue weighted by molar-refractivity contribution is -0.124. The number of benzene rings is 1. The van der Waals surface area contributed by atoms with E-state index in [1.165, 1.54) is 10.5 Å². The van der Waals surface area contributed by atoms with Crippen molar-refractivity contribution in [1.82, 2.24) is 14.6 Å². The SMILES string of the molecule is O=C(NCc1ccccc1)[C@@H]1CCCN1S(=O)(=O)Nc1cccnc1. The number of carbonyl (C=O) groups is 1. The second-order valence-corrected chi connectivity index (χ2v) is 7.44. The Morgan fingerprint density at radius 2 is 2.00 bits per heavy atom. The van der Waals surface area contributed by atoms with Crippen LogP contribution in [0.2, 0.25) is 0 Å². The highest BCUT2D eigenvalue weighted by Gasteiger charge is 2.38. The number of nitrogens with zero attached hydrogens (tertiary/aromatic N) is 2. The van der Waals surface area contributed by atoms with Crippen molar-refractivity contribution in [2.24, 2.45) is 0 Å². The quantitative estimate of drug-likeness (QED) is 0.817. The van der Waals surface area contributed by atoms with Crippen LogP contribution in [0.15, 0.2) is 54.9 Å². The third-order valence-corrected chi connectivity index (χ3v) is 5.58. The molecule has 0 bridgehead atoms. The minimum atomic E-state index is -3.81. The van der Waals surface area contributed by atoms with Crippen LogP contribution in [0.3, 0.4) is 0 Å². The van der Waals surface area contributed by atoms with Crippen LogP contribution in [0.5, 0.6) is 0 Å². The Bertz CT molecular complexity index is 812. The molecule has 1 saturated heterocycles. The molecule has 0 unspecified atom stereocenters. The van der Waals surface area contributed by atoms with Gasteiger partial charge in [-0.15, -0.1) is 0 Å². The highest BCUT2D eigenvalue weighted by atomic mass is 32.2. The highest BCUT2D eigenvalue weighted by molar-refractivity contribution is 7.90. The van der Waals surface area contributed by atoms with Gasteiger partial charge < -0.3 is 5.32 Å². The van der Waals surface area contributed by atoms with Crippen molar-refractivity contribution in [1.29, 1.82) is 0 Å². The molecule has 2 aromatic rings. The van der Waals surface area contributed by atoms with E-state index in [0.717, 1.165) is 5.56 Å². The smallest absolute Gasteiger partial charge is 0.302 e. The van der Waals surface area contributed by atoms with Gasteiger partial charge >= 0.3 is 10.2 Å². The van der Waals surface area contributed by atoms with Crippen LogP contribution in [-0.2, 0) is 21.5 Å². The lowest BCUT2D eigenvalue weighted by Crippen LogP contribution is -2.47. The average molecular weight is 360 g/mol. The van der Waals surface area contributed by atoms with Crippen molar-refractivity contribution < 1.29 is 13.2 Å². The fourth-order valence-corrected chi connectivity index (χ4v) is 4.26. The molecular weight excluding hydrogens is 340 g/mol. The molecule has 1 aliphatic heterocycles. The number of carbonyl (C=O) groups excluding carboxylic acids is 1. The number of hydrogen-bond acceptors (Lipinski definition) is 4. The molecule has 1 atom stereocenters. The van der Waals surface area contributed by atoms with Gasteiger partial charge in [-0.05, 0) is 30.5 Å². The summed E-state index contributed by atoms with van der Waals surface area (Å²) in [4.78, 5) is 16.4. The van der Waals surface area contributed by atoms with Gasteiger partial charge in [0, 0.05) is 19.3 Å². The number of hydrogen-bond donors (Lipinski definition) is 2. The fourth-order valence-electron chi connectivity index (χ4n) is 2.82. The van der Waals surface area contributed by atoms with Crippen molar-refractivity contribution in [3.05, 3.63) is 60.4 Å². The Morgan fingerprint density at radius 1 is 1.20 bits per heavy atom. The van der Waals surface area contributed by atoms with Crippen LogP contribution >= 0.6 is 0 Å². The van der Waals surface area contributed by atoms with Gasteiger partial charge in [0.25, 0.3) is 0 Å². The average Bonchev–Trinajstić information content (AvgIpc) is 3.12. The standard InChI is InChI=1S/C17H20N4O3S/c22-17(19-12-14-6-2-1-3-7-14)16-9-5-11-21(16)25(23,24)20-15-8-4-10-18-13-15/h1-4,6-8,10,13,16,20H,5,9,11-12H2,(H,19,22)/t16-/m0/s1. The molecule has 1 aromatic carbocycles. The lowest BCUT2D eigenvalue weighted by atomic mass is 10.2. The molecule has 3 rings (SSSR count). The molecule has 2 heterocycles. The topological polar surface area (TPSA) is 91.4 Å². The van der Waals surface area contributed by atoms with E-state index in [4.69, 9.17) is 0 Å². The molecule has 25 heavy (non-hydrogen) atoms. The van der Waals surface area contributed by atoms with Crippen molar-refractivity contribution in [2.75, 3.05) is 11.3 Å². The van der Waals surface area contributed by atoms with E-state index in [1.54, 1.807) is 18.3 Å². The normalized spacial score (nSPS) is 18.0. The van der Waals surface area contributed by atoms with Crippen molar-refractivity contribution in [2.45, 2.75) is 25.4 Å². The van der Waals surface area contributed by atoms with Gasteiger partial charge in [0.2, 0.25) is 5.91 Å². The molecule has 0 radical (unpaired) electrons. The summed E-state index contributed by atoms with van der Waals surface area (Å²) in [5.74, 6) is -0.280. The van der Waals surface area contributed by atoms with Crippen molar-refractivity contribution >= 4 is 21.8 Å². The summed E-state index contributed by atoms with van der Waals surface area (Å²) in [5.41, 5.74) is 1.34. The summed E-state index contributed by atoms with van der Waals surface area (Å²) < 4.78 is 28.9. The third-order valence-electron chi connectivity index (χ3n) is 4.03. The molecule has 0 saturated carbocycles. The van der Waals surface area contributed by atoms with Crippen LogP contribution in [0, 0.1) is 0 Å². The molecule has 132 valence electrons. The van der Waals surface area contributed by atoms with Gasteiger partial charge in [0.1, 0.15) is 6.04 Å². The maximum absolute atomic E-state index is 12.6. The van der Waals surface area contributed by atoms with Gasteiger partial charge in [-0.3, -0.25) is 14.5 Å². The molecule has 0 aliphatic carbocycles. The molecule has 7 nitrogen and oxygen atoms in total. The first-order valence-electron chi connectivity index (χ1n) is 8.07. The second-order valence-electron chi connectivity index (χ2n) is 5.82. The summed E-state index contributed by atoms with van der Waals surface area (Å²) in [6.07, 6.45) is 4.15. The minimum absolute atomic E-state index is 0.280. The molecule has 1 amide bonds. The van der Waals surface area contributed by atoms with Crippen LogP contribution in [0.1, 0.15) is 18.4 Å². The van der Waals surface area contributed by atoms with Crippen LogP contribution < -0.4 is 10.0 Å². The van der Waals surface area contributed by atoms with Crippen LogP contribution in [0.4, 0.5) is 5.69 Å². The van der Waals surface area contributed by atoms with Gasteiger partial charge in [0.15, 0.2) is 0 Å². The summed E-state index contributed by atoms with van der Waals surface area (Å²) in [6, 6.07) is 12.1. The van der Waals surface area contributed by atoms with Crippen LogP contribution in [-0.4, -0.2) is 36.2 Å². The first-order valence-corrected chi connectivity index (χ1v) is 9.51. The summed E-state index contributed by atoms with van der Waals surface area (Å²) >= 11 is 0. The fraction of sp³-hybridized carbons (Fsp3) is 0.294. The van der Waals surface area contributed by atoms with E-state index < -0.39 is 16.3 Å². The molecule has 1 aromatic heterocycles. The van der Waals surface area contributed by atoms with E-state index in [0.29, 0.717) is 31.6 Å². The second kappa shape index (κ2) is 7.62. The largest absolute Gasteiger partial charge is 0.351 e. The predicted octanol–water partition coefficient (Wildman–Crippen LogP) is 1.52. The summed E-state index contributed by atoms with van der Waals surface area (Å²) in [7, 11) is -3.81. The number of anilines is 1. The zero-order chi connectivity index (χ0) is 17.7. The Balaban J connectivity index is 1.66. The minimum Gasteiger partial charge on any atom is -0.351 e. The van der Waals surface area contributed by atoms with Crippen LogP contribution in [0.25, 0.3) is 0 Å². The molecular formula is C17H20N4O3S. The maximum Gasteiger partial charge on any atom is 0.302 e. The summed E-state index contributed by atoms with van der Waals surface area (Å²) in [6.45, 7) is 0.694. The maximum atomic E-state index is 12.6. The molecule has 2 N–H and O–H groups in total. The molecule has 1 aliphatic rings. The number of nitrogens with one attached hydrogen (secondary N) is 2. The number of amides is 1. The monoisotopic (exact) mass is 360 g/mol. The number of pyridine rings is 1. The third kappa shape index (κ3) is 4.34. The molecule has 8 heteroatoms. The number of aromatic nitrogens is 1. The van der Waals surface area contributed by atoms with E-state index in [-0.39, 0.29) is 5.91 Å². The van der Waals surface area contributed by atoms with Crippen molar-refractivity contribution in [3.8, 4) is 0 Å². The predicted molar refractivity (Wildman–Crippen MR) is 94.8 cm³/mol. The lowest BCUT2D eigenvalue weighted by Gasteiger charge is -2.23. The Kier molecular flexibility index (Phi) is 5.30. The first kappa shape index (κ1) is 17.4. The van der Waals surface area contributed by atoms with E-state index in [1.807, 2.05) is 30.3 Å². The summed E-state index contributed by atoms with van der Waals surface area (Å²) in [5, 5.41) is 2.82. The Labute approximate surface area is 147 Å².